The third-order valence-electron chi connectivity index (χ3n) is 8.12. The number of ether oxygens (including phenoxy) is 1. The van der Waals surface area contributed by atoms with Crippen LogP contribution in [0.2, 0.25) is 0 Å². The molecule has 4 heterocycles. The van der Waals surface area contributed by atoms with E-state index < -0.39 is 29.5 Å². The number of fused-ring (bicyclic) bond motifs is 1. The number of carbonyl (C=O) groups excluding carboxylic acids is 1. The van der Waals surface area contributed by atoms with Gasteiger partial charge in [0.1, 0.15) is 23.7 Å². The van der Waals surface area contributed by atoms with Crippen molar-refractivity contribution in [2.75, 3.05) is 37.7 Å². The first-order chi connectivity index (χ1) is 21.9. The minimum absolute atomic E-state index is 0.00412. The molecular formula is C32H28F6N6O2. The van der Waals surface area contributed by atoms with E-state index in [0.717, 1.165) is 29.6 Å². The van der Waals surface area contributed by atoms with Gasteiger partial charge in [0.05, 0.1) is 29.2 Å². The molecule has 1 fully saturated rings. The van der Waals surface area contributed by atoms with E-state index in [1.807, 2.05) is 29.2 Å². The lowest BCUT2D eigenvalue weighted by atomic mass is 10.0. The number of rotatable bonds is 6. The van der Waals surface area contributed by atoms with Crippen LogP contribution < -0.4 is 15.1 Å². The number of nitrogens with one attached hydrogen (secondary N) is 1. The van der Waals surface area contributed by atoms with Crippen molar-refractivity contribution in [3.8, 4) is 5.75 Å². The van der Waals surface area contributed by atoms with Gasteiger partial charge in [-0.1, -0.05) is 36.9 Å². The van der Waals surface area contributed by atoms with Crippen molar-refractivity contribution in [1.82, 2.24) is 20.2 Å². The predicted molar refractivity (Wildman–Crippen MR) is 158 cm³/mol. The summed E-state index contributed by atoms with van der Waals surface area (Å²) in [6, 6.07) is 15.6. The van der Waals surface area contributed by atoms with Crippen molar-refractivity contribution in [2.24, 2.45) is 5.10 Å². The van der Waals surface area contributed by atoms with Crippen molar-refractivity contribution in [2.45, 2.75) is 24.9 Å². The number of allylic oxidation sites excluding steroid dienone is 2. The largest absolute Gasteiger partial charge is 0.491 e. The van der Waals surface area contributed by atoms with Crippen LogP contribution in [0.1, 0.15) is 33.1 Å². The van der Waals surface area contributed by atoms with Gasteiger partial charge in [-0.3, -0.25) is 10.2 Å². The number of nitrogens with zero attached hydrogens (tertiary/aromatic N) is 5. The van der Waals surface area contributed by atoms with Crippen LogP contribution in [-0.4, -0.2) is 65.9 Å². The lowest BCUT2D eigenvalue weighted by molar-refractivity contribution is -0.137. The zero-order valence-electron chi connectivity index (χ0n) is 24.3. The van der Waals surface area contributed by atoms with E-state index in [2.05, 4.69) is 22.1 Å². The van der Waals surface area contributed by atoms with Gasteiger partial charge in [-0.25, -0.2) is 4.98 Å². The molecule has 0 bridgehead atoms. The molecule has 6 rings (SSSR count). The molecule has 3 aromatic rings. The lowest BCUT2D eigenvalue weighted by Crippen LogP contribution is -2.49. The highest BCUT2D eigenvalue weighted by molar-refractivity contribution is 5.94. The van der Waals surface area contributed by atoms with Gasteiger partial charge < -0.3 is 19.4 Å². The first-order valence-electron chi connectivity index (χ1n) is 14.3. The zero-order chi connectivity index (χ0) is 32.6. The predicted octanol–water partition coefficient (Wildman–Crippen LogP) is 5.92. The average molecular weight is 643 g/mol. The van der Waals surface area contributed by atoms with Gasteiger partial charge in [-0.05, 0) is 41.5 Å². The molecule has 1 aromatic heterocycles. The molecule has 8 nitrogen and oxygen atoms in total. The summed E-state index contributed by atoms with van der Waals surface area (Å²) in [5.74, 6) is 0.523. The third kappa shape index (κ3) is 6.24. The number of pyridine rings is 1. The number of alkyl halides is 6. The van der Waals surface area contributed by atoms with E-state index in [0.29, 0.717) is 43.3 Å². The molecule has 1 saturated heterocycles. The Hall–Kier alpha value is -5.01. The maximum Gasteiger partial charge on any atom is 0.420 e. The van der Waals surface area contributed by atoms with Gasteiger partial charge in [0, 0.05) is 44.5 Å². The first kappa shape index (κ1) is 31.0. The summed E-state index contributed by atoms with van der Waals surface area (Å²) in [5, 5.41) is 3.87. The van der Waals surface area contributed by atoms with Crippen LogP contribution in [0.4, 0.5) is 32.2 Å². The van der Waals surface area contributed by atoms with Crippen LogP contribution >= 0.6 is 0 Å². The van der Waals surface area contributed by atoms with E-state index in [4.69, 9.17) is 4.74 Å². The van der Waals surface area contributed by atoms with E-state index >= 15 is 0 Å². The van der Waals surface area contributed by atoms with Crippen molar-refractivity contribution < 1.29 is 35.9 Å². The van der Waals surface area contributed by atoms with Gasteiger partial charge in [0.25, 0.3) is 5.91 Å². The minimum Gasteiger partial charge on any atom is -0.491 e. The van der Waals surface area contributed by atoms with Gasteiger partial charge in [0.15, 0.2) is 0 Å². The number of benzene rings is 2. The Balaban J connectivity index is 1.14. The smallest absolute Gasteiger partial charge is 0.420 e. The molecule has 1 N–H and O–H groups in total. The third-order valence-corrected chi connectivity index (χ3v) is 8.12. The zero-order valence-corrected chi connectivity index (χ0v) is 24.3. The fourth-order valence-corrected chi connectivity index (χ4v) is 5.83. The standard InChI is InChI=1S/C32H28F6N6O2/c1-20-29(32(36,37)38)26(17-40-41-20)44-18-22-5-2-3-8-25(22)27(44)19-46-24-7-4-6-21(15-24)30(45)43-13-11-42(12-14-43)28-10-9-23(16-39-28)31(33,34)35/h2-10,15-17,27,41H,1,11-14,18-19H2/t27-/m1/s1. The summed E-state index contributed by atoms with van der Waals surface area (Å²) in [4.78, 5) is 22.4. The normalized spacial score (nSPS) is 18.5. The summed E-state index contributed by atoms with van der Waals surface area (Å²) in [6.07, 6.45) is -7.20. The van der Waals surface area contributed by atoms with Crippen LogP contribution in [0.5, 0.6) is 5.75 Å². The van der Waals surface area contributed by atoms with Crippen LogP contribution in [0.15, 0.2) is 95.5 Å². The number of amides is 1. The summed E-state index contributed by atoms with van der Waals surface area (Å²) in [7, 11) is 0. The second-order valence-corrected chi connectivity index (χ2v) is 11.0. The highest BCUT2D eigenvalue weighted by Gasteiger charge is 2.43. The van der Waals surface area contributed by atoms with Crippen molar-refractivity contribution in [1.29, 1.82) is 0 Å². The van der Waals surface area contributed by atoms with E-state index in [9.17, 15) is 31.1 Å². The van der Waals surface area contributed by atoms with Gasteiger partial charge in [0.2, 0.25) is 0 Å². The Morgan fingerprint density at radius 3 is 2.41 bits per heavy atom. The molecule has 3 aliphatic rings. The molecule has 46 heavy (non-hydrogen) atoms. The average Bonchev–Trinajstić information content (AvgIpc) is 3.41. The van der Waals surface area contributed by atoms with Crippen LogP contribution in [0, 0.1) is 0 Å². The van der Waals surface area contributed by atoms with Crippen molar-refractivity contribution in [3.05, 3.63) is 113 Å². The topological polar surface area (TPSA) is 73.3 Å². The monoisotopic (exact) mass is 642 g/mol. The Morgan fingerprint density at radius 2 is 1.72 bits per heavy atom. The number of hydrazone groups is 1. The number of aromatic nitrogens is 1. The van der Waals surface area contributed by atoms with E-state index in [-0.39, 0.29) is 30.5 Å². The molecule has 240 valence electrons. The molecule has 0 radical (unpaired) electrons. The quantitative estimate of drug-likeness (QED) is 0.337. The van der Waals surface area contributed by atoms with Crippen molar-refractivity contribution >= 4 is 17.9 Å². The Morgan fingerprint density at radius 1 is 0.957 bits per heavy atom. The summed E-state index contributed by atoms with van der Waals surface area (Å²) in [5.41, 5.74) is 2.17. The van der Waals surface area contributed by atoms with Gasteiger partial charge in [-0.2, -0.15) is 31.4 Å². The molecule has 0 spiro atoms. The molecule has 14 heteroatoms. The fraction of sp³-hybridized carbons (Fsp3) is 0.281. The number of halogens is 6. The molecule has 1 amide bonds. The molecule has 2 aromatic carbocycles. The van der Waals surface area contributed by atoms with Crippen LogP contribution in [-0.2, 0) is 12.7 Å². The molecule has 0 unspecified atom stereocenters. The SMILES string of the molecule is C=C1NN=CC(N2Cc3ccccc3[C@H]2COc2cccc(C(=O)N3CCN(c4ccc(C(F)(F)F)cn4)CC3)c2)=C1C(F)(F)F. The highest BCUT2D eigenvalue weighted by atomic mass is 19.4. The first-order valence-corrected chi connectivity index (χ1v) is 14.3. The van der Waals surface area contributed by atoms with E-state index in [1.54, 1.807) is 34.1 Å². The highest BCUT2D eigenvalue weighted by Crippen LogP contribution is 2.42. The lowest BCUT2D eigenvalue weighted by Gasteiger charge is -2.35. The van der Waals surface area contributed by atoms with E-state index in [1.165, 1.54) is 6.07 Å². The van der Waals surface area contributed by atoms with Gasteiger partial charge in [-0.15, -0.1) is 0 Å². The maximum absolute atomic E-state index is 14.1. The van der Waals surface area contributed by atoms with Crippen molar-refractivity contribution in [3.63, 3.8) is 0 Å². The number of piperazine rings is 1. The van der Waals surface area contributed by atoms with Crippen LogP contribution in [0.3, 0.4) is 0 Å². The Labute approximate surface area is 260 Å². The second kappa shape index (κ2) is 12.1. The Bertz CT molecular complexity index is 1690. The number of hydrogen-bond donors (Lipinski definition) is 1. The second-order valence-electron chi connectivity index (χ2n) is 11.0. The maximum atomic E-state index is 14.1. The molecule has 1 atom stereocenters. The molecule has 0 saturated carbocycles. The number of carbonyl (C=O) groups is 1. The van der Waals surface area contributed by atoms with Gasteiger partial charge >= 0.3 is 12.4 Å². The number of hydrogen-bond acceptors (Lipinski definition) is 7. The Kier molecular flexibility index (Phi) is 8.13. The molecule has 3 aliphatic heterocycles. The summed E-state index contributed by atoms with van der Waals surface area (Å²) >= 11 is 0. The molecular weight excluding hydrogens is 614 g/mol. The summed E-state index contributed by atoms with van der Waals surface area (Å²) in [6.45, 7) is 5.15. The van der Waals surface area contributed by atoms with Crippen LogP contribution in [0.25, 0.3) is 0 Å². The molecule has 0 aliphatic carbocycles. The number of anilines is 1. The fourth-order valence-electron chi connectivity index (χ4n) is 5.83. The minimum atomic E-state index is -4.67. The summed E-state index contributed by atoms with van der Waals surface area (Å²) < 4.78 is 87.0.